The summed E-state index contributed by atoms with van der Waals surface area (Å²) in [5.74, 6) is -0.622. The summed E-state index contributed by atoms with van der Waals surface area (Å²) >= 11 is 6.53. The molecule has 0 saturated heterocycles. The van der Waals surface area contributed by atoms with E-state index in [1.807, 2.05) is 6.07 Å². The topological polar surface area (TPSA) is 46.5 Å². The molecule has 0 spiro atoms. The summed E-state index contributed by atoms with van der Waals surface area (Å²) in [6.07, 6.45) is 1.96. The van der Waals surface area contributed by atoms with Crippen LogP contribution in [0, 0.1) is 5.41 Å². The van der Waals surface area contributed by atoms with Crippen molar-refractivity contribution >= 4 is 17.6 Å². The second-order valence-corrected chi connectivity index (χ2v) is 5.47. The van der Waals surface area contributed by atoms with Gasteiger partial charge in [0.05, 0.1) is 7.11 Å². The first kappa shape index (κ1) is 14.1. The Morgan fingerprint density at radius 2 is 2.11 bits per heavy atom. The summed E-state index contributed by atoms with van der Waals surface area (Å²) in [5.41, 5.74) is -0.00675. The zero-order valence-corrected chi connectivity index (χ0v) is 11.6. The predicted molar refractivity (Wildman–Crippen MR) is 73.9 cm³/mol. The molecular formula is C15H17ClO3. The molecule has 0 aliphatic heterocycles. The number of carbonyl (C=O) groups is 1. The van der Waals surface area contributed by atoms with Gasteiger partial charge in [-0.2, -0.15) is 0 Å². The van der Waals surface area contributed by atoms with Crippen molar-refractivity contribution in [2.45, 2.75) is 23.8 Å². The van der Waals surface area contributed by atoms with E-state index in [1.54, 1.807) is 30.3 Å². The molecule has 0 bridgehead atoms. The second kappa shape index (κ2) is 4.99. The van der Waals surface area contributed by atoms with Gasteiger partial charge in [0.2, 0.25) is 0 Å². The molecule has 1 aliphatic carbocycles. The lowest BCUT2D eigenvalue weighted by Gasteiger charge is -2.35. The Balaban J connectivity index is 2.45. The fraction of sp³-hybridized carbons (Fsp3) is 0.400. The quantitative estimate of drug-likeness (QED) is 0.512. The standard InChI is InChI=1S/C15H17ClO3/c1-3-14(9-10-14)15(16,13(18)19-2)12(17)11-7-5-4-6-8-11/h3-8,12,17H,1,9-10H2,2H3/t12-,15+/m1/s1. The van der Waals surface area contributed by atoms with Gasteiger partial charge in [-0.15, -0.1) is 18.2 Å². The van der Waals surface area contributed by atoms with Crippen LogP contribution in [0.3, 0.4) is 0 Å². The molecule has 1 saturated carbocycles. The van der Waals surface area contributed by atoms with Gasteiger partial charge < -0.3 is 9.84 Å². The number of halogens is 1. The number of ether oxygens (including phenoxy) is 1. The lowest BCUT2D eigenvalue weighted by molar-refractivity contribution is -0.149. The van der Waals surface area contributed by atoms with Crippen molar-refractivity contribution in [3.05, 3.63) is 48.6 Å². The number of rotatable bonds is 5. The van der Waals surface area contributed by atoms with Crippen molar-refractivity contribution in [3.8, 4) is 0 Å². The highest BCUT2D eigenvalue weighted by Crippen LogP contribution is 2.62. The Kier molecular flexibility index (Phi) is 3.70. The van der Waals surface area contributed by atoms with Crippen molar-refractivity contribution in [1.29, 1.82) is 0 Å². The number of hydrogen-bond donors (Lipinski definition) is 1. The Hall–Kier alpha value is -1.32. The van der Waals surface area contributed by atoms with Crippen LogP contribution in [0.4, 0.5) is 0 Å². The van der Waals surface area contributed by atoms with Gasteiger partial charge >= 0.3 is 5.97 Å². The maximum absolute atomic E-state index is 12.1. The van der Waals surface area contributed by atoms with E-state index in [0.29, 0.717) is 5.56 Å². The average Bonchev–Trinajstić information content (AvgIpc) is 3.27. The smallest absolute Gasteiger partial charge is 0.330 e. The molecule has 0 heterocycles. The van der Waals surface area contributed by atoms with E-state index < -0.39 is 22.4 Å². The molecular weight excluding hydrogens is 264 g/mol. The number of hydrogen-bond acceptors (Lipinski definition) is 3. The Morgan fingerprint density at radius 1 is 1.53 bits per heavy atom. The SMILES string of the molecule is C=CC1([C@@](Cl)(C(=O)OC)[C@H](O)c2ccccc2)CC1. The lowest BCUT2D eigenvalue weighted by atomic mass is 9.80. The van der Waals surface area contributed by atoms with Crippen molar-refractivity contribution < 1.29 is 14.6 Å². The van der Waals surface area contributed by atoms with Crippen molar-refractivity contribution in [1.82, 2.24) is 0 Å². The van der Waals surface area contributed by atoms with Crippen molar-refractivity contribution in [2.24, 2.45) is 5.41 Å². The normalized spacial score (nSPS) is 21.0. The van der Waals surface area contributed by atoms with E-state index in [4.69, 9.17) is 16.3 Å². The van der Waals surface area contributed by atoms with E-state index in [1.165, 1.54) is 7.11 Å². The van der Waals surface area contributed by atoms with Crippen molar-refractivity contribution in [3.63, 3.8) is 0 Å². The number of aliphatic hydroxyl groups excluding tert-OH is 1. The lowest BCUT2D eigenvalue weighted by Crippen LogP contribution is -2.47. The van der Waals surface area contributed by atoms with Gasteiger partial charge in [-0.25, -0.2) is 0 Å². The summed E-state index contributed by atoms with van der Waals surface area (Å²) in [5, 5.41) is 10.6. The molecule has 0 aromatic heterocycles. The molecule has 19 heavy (non-hydrogen) atoms. The molecule has 1 aromatic rings. The monoisotopic (exact) mass is 280 g/mol. The van der Waals surface area contributed by atoms with Gasteiger partial charge in [0.25, 0.3) is 0 Å². The van der Waals surface area contributed by atoms with E-state index in [-0.39, 0.29) is 0 Å². The highest BCUT2D eigenvalue weighted by atomic mass is 35.5. The zero-order valence-electron chi connectivity index (χ0n) is 10.8. The molecule has 3 nitrogen and oxygen atoms in total. The highest BCUT2D eigenvalue weighted by molar-refractivity contribution is 6.35. The molecule has 2 atom stereocenters. The summed E-state index contributed by atoms with van der Waals surface area (Å²) in [4.78, 5) is 10.6. The van der Waals surface area contributed by atoms with Crippen LogP contribution in [0.5, 0.6) is 0 Å². The van der Waals surface area contributed by atoms with Crippen LogP contribution in [-0.4, -0.2) is 23.1 Å². The van der Waals surface area contributed by atoms with Crippen LogP contribution < -0.4 is 0 Å². The molecule has 0 radical (unpaired) electrons. The second-order valence-electron chi connectivity index (χ2n) is 4.88. The highest BCUT2D eigenvalue weighted by Gasteiger charge is 2.65. The molecule has 2 rings (SSSR count). The third kappa shape index (κ3) is 2.07. The van der Waals surface area contributed by atoms with Crippen LogP contribution in [0.25, 0.3) is 0 Å². The predicted octanol–water partition coefficient (Wildman–Crippen LogP) is 2.84. The number of alkyl halides is 1. The number of carbonyl (C=O) groups excluding carboxylic acids is 1. The van der Waals surface area contributed by atoms with Gasteiger partial charge in [-0.3, -0.25) is 4.79 Å². The molecule has 1 N–H and O–H groups in total. The minimum absolute atomic E-state index is 0.594. The molecule has 1 aliphatic rings. The fourth-order valence-electron chi connectivity index (χ4n) is 2.45. The van der Waals surface area contributed by atoms with Gasteiger partial charge in [0, 0.05) is 5.41 Å². The fourth-order valence-corrected chi connectivity index (χ4v) is 2.92. The molecule has 4 heteroatoms. The van der Waals surface area contributed by atoms with E-state index in [9.17, 15) is 9.90 Å². The molecule has 1 fully saturated rings. The summed E-state index contributed by atoms with van der Waals surface area (Å²) < 4.78 is 4.81. The maximum atomic E-state index is 12.1. The summed E-state index contributed by atoms with van der Waals surface area (Å²) in [6.45, 7) is 3.75. The number of benzene rings is 1. The first-order chi connectivity index (χ1) is 9.02. The Bertz CT molecular complexity index is 481. The molecule has 1 aromatic carbocycles. The van der Waals surface area contributed by atoms with Gasteiger partial charge in [-0.05, 0) is 18.4 Å². The third-order valence-electron chi connectivity index (χ3n) is 3.88. The minimum atomic E-state index is -1.52. The van der Waals surface area contributed by atoms with Crippen LogP contribution >= 0.6 is 11.6 Å². The Labute approximate surface area is 117 Å². The van der Waals surface area contributed by atoms with Crippen LogP contribution in [0.15, 0.2) is 43.0 Å². The molecule has 0 amide bonds. The maximum Gasteiger partial charge on any atom is 0.330 e. The number of allylic oxidation sites excluding steroid dienone is 1. The first-order valence-corrected chi connectivity index (χ1v) is 6.53. The number of aliphatic hydroxyl groups is 1. The largest absolute Gasteiger partial charge is 0.468 e. The minimum Gasteiger partial charge on any atom is -0.468 e. The zero-order chi connectivity index (χ0) is 14.1. The number of esters is 1. The Morgan fingerprint density at radius 3 is 2.53 bits per heavy atom. The summed E-state index contributed by atoms with van der Waals surface area (Å²) in [7, 11) is 1.27. The van der Waals surface area contributed by atoms with Gasteiger partial charge in [0.1, 0.15) is 6.10 Å². The van der Waals surface area contributed by atoms with Gasteiger partial charge in [-0.1, -0.05) is 36.4 Å². The van der Waals surface area contributed by atoms with Gasteiger partial charge in [0.15, 0.2) is 4.87 Å². The number of methoxy groups -OCH3 is 1. The van der Waals surface area contributed by atoms with E-state index in [2.05, 4.69) is 6.58 Å². The average molecular weight is 281 g/mol. The van der Waals surface area contributed by atoms with E-state index in [0.717, 1.165) is 12.8 Å². The van der Waals surface area contributed by atoms with Crippen LogP contribution in [-0.2, 0) is 9.53 Å². The molecule has 102 valence electrons. The van der Waals surface area contributed by atoms with Crippen molar-refractivity contribution in [2.75, 3.05) is 7.11 Å². The summed E-state index contributed by atoms with van der Waals surface area (Å²) in [6, 6.07) is 8.90. The van der Waals surface area contributed by atoms with Crippen LogP contribution in [0.2, 0.25) is 0 Å². The molecule has 0 unspecified atom stereocenters. The third-order valence-corrected chi connectivity index (χ3v) is 4.62. The van der Waals surface area contributed by atoms with Crippen LogP contribution in [0.1, 0.15) is 24.5 Å². The first-order valence-electron chi connectivity index (χ1n) is 6.16. The van der Waals surface area contributed by atoms with E-state index >= 15 is 0 Å².